The number of aryl methyl sites for hydroxylation is 1. The molecule has 3 rings (SSSR count). The number of hydrogen-bond donors (Lipinski definition) is 1. The van der Waals surface area contributed by atoms with Crippen LogP contribution in [-0.2, 0) is 13.0 Å². The summed E-state index contributed by atoms with van der Waals surface area (Å²) in [6.45, 7) is 3.72. The molecule has 0 aliphatic carbocycles. The Labute approximate surface area is 126 Å². The van der Waals surface area contributed by atoms with Crippen LogP contribution in [0.4, 0.5) is 0 Å². The van der Waals surface area contributed by atoms with Crippen LogP contribution in [0.2, 0.25) is 0 Å². The molecule has 0 spiro atoms. The van der Waals surface area contributed by atoms with E-state index in [4.69, 9.17) is 5.73 Å². The molecular formula is C18H21N3. The third-order valence-electron chi connectivity index (χ3n) is 4.07. The Kier molecular flexibility index (Phi) is 3.91. The maximum Gasteiger partial charge on any atom is 0.192 e. The molecule has 3 heteroatoms. The van der Waals surface area contributed by atoms with Crippen molar-refractivity contribution in [2.24, 2.45) is 10.7 Å². The molecular weight excluding hydrogens is 258 g/mol. The van der Waals surface area contributed by atoms with Crippen molar-refractivity contribution in [1.29, 1.82) is 0 Å². The molecule has 0 saturated carbocycles. The first-order valence-corrected chi connectivity index (χ1v) is 7.47. The fourth-order valence-electron chi connectivity index (χ4n) is 2.76. The van der Waals surface area contributed by atoms with Crippen LogP contribution in [0.15, 0.2) is 59.6 Å². The van der Waals surface area contributed by atoms with Gasteiger partial charge in [-0.3, -0.25) is 4.99 Å². The van der Waals surface area contributed by atoms with Crippen molar-refractivity contribution in [3.63, 3.8) is 0 Å². The quantitative estimate of drug-likeness (QED) is 0.934. The zero-order valence-corrected chi connectivity index (χ0v) is 12.4. The highest BCUT2D eigenvalue weighted by atomic mass is 15.3. The number of nitrogens with zero attached hydrogens (tertiary/aromatic N) is 2. The number of guanidine groups is 1. The lowest BCUT2D eigenvalue weighted by Crippen LogP contribution is -2.35. The minimum Gasteiger partial charge on any atom is -0.370 e. The maximum atomic E-state index is 6.09. The lowest BCUT2D eigenvalue weighted by Gasteiger charge is -2.26. The van der Waals surface area contributed by atoms with Crippen LogP contribution in [0.3, 0.4) is 0 Å². The van der Waals surface area contributed by atoms with E-state index in [0.29, 0.717) is 5.96 Å². The minimum atomic E-state index is 0.246. The van der Waals surface area contributed by atoms with Gasteiger partial charge in [-0.05, 0) is 23.1 Å². The molecule has 0 fully saturated rings. The Bertz CT molecular complexity index is 617. The van der Waals surface area contributed by atoms with E-state index in [1.807, 2.05) is 6.07 Å². The molecule has 3 nitrogen and oxygen atoms in total. The first kappa shape index (κ1) is 13.7. The van der Waals surface area contributed by atoms with E-state index < -0.39 is 0 Å². The van der Waals surface area contributed by atoms with Crippen LogP contribution in [0.1, 0.15) is 29.7 Å². The monoisotopic (exact) mass is 279 g/mol. The molecule has 108 valence electrons. The van der Waals surface area contributed by atoms with E-state index in [1.54, 1.807) is 0 Å². The fraction of sp³-hybridized carbons (Fsp3) is 0.278. The molecule has 21 heavy (non-hydrogen) atoms. The van der Waals surface area contributed by atoms with Gasteiger partial charge in [0.1, 0.15) is 0 Å². The van der Waals surface area contributed by atoms with E-state index in [2.05, 4.69) is 65.3 Å². The summed E-state index contributed by atoms with van der Waals surface area (Å²) in [5, 5.41) is 0. The topological polar surface area (TPSA) is 41.6 Å². The van der Waals surface area contributed by atoms with Gasteiger partial charge >= 0.3 is 0 Å². The average Bonchev–Trinajstić information content (AvgIpc) is 2.90. The standard InChI is InChI=1S/C18H21N3/c1-2-14-8-10-16(11-9-14)17-12-20-18(19)21(17)13-15-6-4-3-5-7-15/h3-11,17H,2,12-13H2,1H3,(H2,19,20). The molecule has 0 aromatic heterocycles. The van der Waals surface area contributed by atoms with Crippen molar-refractivity contribution in [2.45, 2.75) is 25.9 Å². The highest BCUT2D eigenvalue weighted by Gasteiger charge is 2.27. The number of aliphatic imine (C=N–C) groups is 1. The summed E-state index contributed by atoms with van der Waals surface area (Å²) in [7, 11) is 0. The van der Waals surface area contributed by atoms with Crippen molar-refractivity contribution >= 4 is 5.96 Å². The van der Waals surface area contributed by atoms with Crippen molar-refractivity contribution in [2.75, 3.05) is 6.54 Å². The predicted octanol–water partition coefficient (Wildman–Crippen LogP) is 3.12. The summed E-state index contributed by atoms with van der Waals surface area (Å²) >= 11 is 0. The van der Waals surface area contributed by atoms with Gasteiger partial charge in [0.15, 0.2) is 5.96 Å². The summed E-state index contributed by atoms with van der Waals surface area (Å²) in [4.78, 5) is 6.63. The van der Waals surface area contributed by atoms with Crippen molar-refractivity contribution in [1.82, 2.24) is 4.90 Å². The van der Waals surface area contributed by atoms with E-state index in [1.165, 1.54) is 16.7 Å². The molecule has 1 atom stereocenters. The Morgan fingerprint density at radius 3 is 2.43 bits per heavy atom. The van der Waals surface area contributed by atoms with Crippen molar-refractivity contribution in [3.05, 3.63) is 71.3 Å². The zero-order chi connectivity index (χ0) is 14.7. The van der Waals surface area contributed by atoms with Crippen LogP contribution in [0.25, 0.3) is 0 Å². The highest BCUT2D eigenvalue weighted by Crippen LogP contribution is 2.27. The van der Waals surface area contributed by atoms with Crippen molar-refractivity contribution < 1.29 is 0 Å². The van der Waals surface area contributed by atoms with Gasteiger partial charge in [0.05, 0.1) is 12.6 Å². The zero-order valence-electron chi connectivity index (χ0n) is 12.4. The molecule has 2 aromatic carbocycles. The third kappa shape index (κ3) is 2.92. The molecule has 1 unspecified atom stereocenters. The first-order valence-electron chi connectivity index (χ1n) is 7.47. The van der Waals surface area contributed by atoms with Gasteiger partial charge < -0.3 is 10.6 Å². The van der Waals surface area contributed by atoms with E-state index in [9.17, 15) is 0 Å². The van der Waals surface area contributed by atoms with Gasteiger partial charge in [-0.25, -0.2) is 0 Å². The van der Waals surface area contributed by atoms with E-state index in [-0.39, 0.29) is 6.04 Å². The fourth-order valence-corrected chi connectivity index (χ4v) is 2.76. The summed E-state index contributed by atoms with van der Waals surface area (Å²) in [6.07, 6.45) is 1.07. The molecule has 0 amide bonds. The Hall–Kier alpha value is -2.29. The molecule has 1 aliphatic rings. The van der Waals surface area contributed by atoms with Crippen LogP contribution in [0.5, 0.6) is 0 Å². The second-order valence-electron chi connectivity index (χ2n) is 5.42. The largest absolute Gasteiger partial charge is 0.370 e. The number of nitrogens with two attached hydrogens (primary N) is 1. The molecule has 0 radical (unpaired) electrons. The van der Waals surface area contributed by atoms with Gasteiger partial charge in [0, 0.05) is 6.54 Å². The van der Waals surface area contributed by atoms with Crippen LogP contribution in [-0.4, -0.2) is 17.4 Å². The second-order valence-corrected chi connectivity index (χ2v) is 5.42. The maximum absolute atomic E-state index is 6.09. The lowest BCUT2D eigenvalue weighted by molar-refractivity contribution is 0.340. The molecule has 0 bridgehead atoms. The smallest absolute Gasteiger partial charge is 0.192 e. The number of benzene rings is 2. The van der Waals surface area contributed by atoms with Crippen LogP contribution >= 0.6 is 0 Å². The first-order chi connectivity index (χ1) is 10.3. The summed E-state index contributed by atoms with van der Waals surface area (Å²) in [6, 6.07) is 19.5. The second kappa shape index (κ2) is 6.00. The minimum absolute atomic E-state index is 0.246. The normalized spacial score (nSPS) is 17.9. The Morgan fingerprint density at radius 1 is 1.05 bits per heavy atom. The van der Waals surface area contributed by atoms with E-state index >= 15 is 0 Å². The summed E-state index contributed by atoms with van der Waals surface area (Å²) in [5.41, 5.74) is 9.99. The predicted molar refractivity (Wildman–Crippen MR) is 87.0 cm³/mol. The van der Waals surface area contributed by atoms with Gasteiger partial charge in [0.2, 0.25) is 0 Å². The van der Waals surface area contributed by atoms with E-state index in [0.717, 1.165) is 19.5 Å². The van der Waals surface area contributed by atoms with Gasteiger partial charge in [-0.2, -0.15) is 0 Å². The van der Waals surface area contributed by atoms with Crippen molar-refractivity contribution in [3.8, 4) is 0 Å². The average molecular weight is 279 g/mol. The van der Waals surface area contributed by atoms with Crippen LogP contribution < -0.4 is 5.73 Å². The molecule has 1 aliphatic heterocycles. The summed E-state index contributed by atoms with van der Waals surface area (Å²) < 4.78 is 0. The number of rotatable bonds is 4. The summed E-state index contributed by atoms with van der Waals surface area (Å²) in [5.74, 6) is 0.642. The third-order valence-corrected chi connectivity index (χ3v) is 4.07. The SMILES string of the molecule is CCc1ccc(C2CN=C(N)N2Cc2ccccc2)cc1. The number of hydrogen-bond acceptors (Lipinski definition) is 3. The van der Waals surface area contributed by atoms with Gasteiger partial charge in [-0.1, -0.05) is 61.5 Å². The van der Waals surface area contributed by atoms with Crippen LogP contribution in [0, 0.1) is 0 Å². The molecule has 0 saturated heterocycles. The Balaban J connectivity index is 1.81. The molecule has 1 heterocycles. The molecule has 2 aromatic rings. The van der Waals surface area contributed by atoms with Gasteiger partial charge in [0.25, 0.3) is 0 Å². The van der Waals surface area contributed by atoms with Gasteiger partial charge in [-0.15, -0.1) is 0 Å². The Morgan fingerprint density at radius 2 is 1.76 bits per heavy atom. The highest BCUT2D eigenvalue weighted by molar-refractivity contribution is 5.80. The lowest BCUT2D eigenvalue weighted by atomic mass is 10.0. The molecule has 2 N–H and O–H groups in total.